The number of fused-ring (bicyclic) bond motifs is 1. The number of nitrogens with zero attached hydrogens (tertiary/aromatic N) is 4. The van der Waals surface area contributed by atoms with Crippen molar-refractivity contribution in [3.8, 4) is 11.3 Å². The van der Waals surface area contributed by atoms with E-state index < -0.39 is 4.92 Å². The molecule has 0 saturated heterocycles. The molecule has 0 radical (unpaired) electrons. The number of nitro benzene ring substituents is 1. The Hall–Kier alpha value is -3.48. The van der Waals surface area contributed by atoms with Crippen LogP contribution in [0.3, 0.4) is 0 Å². The molecule has 27 heavy (non-hydrogen) atoms. The number of amides is 1. The monoisotopic (exact) mass is 362 g/mol. The summed E-state index contributed by atoms with van der Waals surface area (Å²) in [6, 6.07) is 14.4. The van der Waals surface area contributed by atoms with E-state index in [1.807, 2.05) is 31.2 Å². The first-order valence-electron chi connectivity index (χ1n) is 8.64. The van der Waals surface area contributed by atoms with E-state index in [0.717, 1.165) is 22.4 Å². The summed E-state index contributed by atoms with van der Waals surface area (Å²) < 4.78 is 1.68. The second kappa shape index (κ2) is 6.35. The highest BCUT2D eigenvalue weighted by Crippen LogP contribution is 2.33. The van der Waals surface area contributed by atoms with Gasteiger partial charge >= 0.3 is 0 Å². The second-order valence-electron chi connectivity index (χ2n) is 6.68. The topological polar surface area (TPSA) is 81.3 Å². The van der Waals surface area contributed by atoms with Crippen molar-refractivity contribution in [2.45, 2.75) is 13.3 Å². The zero-order chi connectivity index (χ0) is 19.1. The Balaban J connectivity index is 1.67. The Bertz CT molecular complexity index is 1050. The number of benzene rings is 2. The van der Waals surface area contributed by atoms with Gasteiger partial charge in [0.05, 0.1) is 16.3 Å². The molecule has 4 rings (SSSR count). The molecular formula is C20H18N4O3. The Kier molecular flexibility index (Phi) is 3.99. The maximum absolute atomic E-state index is 13.0. The van der Waals surface area contributed by atoms with Gasteiger partial charge in [-0.1, -0.05) is 35.9 Å². The molecule has 0 bridgehead atoms. The standard InChI is InChI=1S/C20H18N4O3/c1-13-3-5-14(6-4-13)18-12-17(21-22(18)2)20(25)23-10-9-15-7-8-16(24(26)27)11-19(15)23/h3-8,11-12H,9-10H2,1-2H3. The van der Waals surface area contributed by atoms with Crippen molar-refractivity contribution >= 4 is 17.3 Å². The predicted molar refractivity (Wildman–Crippen MR) is 102 cm³/mol. The molecule has 0 atom stereocenters. The van der Waals surface area contributed by atoms with Gasteiger partial charge in [-0.3, -0.25) is 19.6 Å². The van der Waals surface area contributed by atoms with Crippen molar-refractivity contribution in [2.75, 3.05) is 11.4 Å². The number of aryl methyl sites for hydroxylation is 2. The lowest BCUT2D eigenvalue weighted by molar-refractivity contribution is -0.384. The molecule has 3 aromatic rings. The van der Waals surface area contributed by atoms with Crippen LogP contribution in [-0.2, 0) is 13.5 Å². The molecule has 0 unspecified atom stereocenters. The molecule has 0 spiro atoms. The first kappa shape index (κ1) is 17.0. The summed E-state index contributed by atoms with van der Waals surface area (Å²) in [7, 11) is 1.80. The van der Waals surface area contributed by atoms with Gasteiger partial charge in [0.15, 0.2) is 5.69 Å². The van der Waals surface area contributed by atoms with Crippen molar-refractivity contribution < 1.29 is 9.72 Å². The van der Waals surface area contributed by atoms with Gasteiger partial charge in [0.2, 0.25) is 0 Å². The highest BCUT2D eigenvalue weighted by Gasteiger charge is 2.29. The van der Waals surface area contributed by atoms with Crippen LogP contribution >= 0.6 is 0 Å². The number of carbonyl (C=O) groups is 1. The van der Waals surface area contributed by atoms with Gasteiger partial charge in [-0.15, -0.1) is 0 Å². The van der Waals surface area contributed by atoms with E-state index in [2.05, 4.69) is 5.10 Å². The van der Waals surface area contributed by atoms with E-state index in [4.69, 9.17) is 0 Å². The van der Waals surface area contributed by atoms with E-state index in [1.54, 1.807) is 28.8 Å². The van der Waals surface area contributed by atoms with Crippen LogP contribution in [0.15, 0.2) is 48.5 Å². The molecule has 1 aliphatic heterocycles. The summed E-state index contributed by atoms with van der Waals surface area (Å²) in [6.45, 7) is 2.51. The fourth-order valence-corrected chi connectivity index (χ4v) is 3.40. The molecule has 2 heterocycles. The molecule has 0 N–H and O–H groups in total. The number of aromatic nitrogens is 2. The highest BCUT2D eigenvalue weighted by atomic mass is 16.6. The third-order valence-electron chi connectivity index (χ3n) is 4.87. The maximum Gasteiger partial charge on any atom is 0.278 e. The molecule has 7 heteroatoms. The molecule has 0 fully saturated rings. The van der Waals surface area contributed by atoms with Gasteiger partial charge in [0.25, 0.3) is 11.6 Å². The van der Waals surface area contributed by atoms with E-state index in [-0.39, 0.29) is 11.6 Å². The van der Waals surface area contributed by atoms with Gasteiger partial charge in [-0.2, -0.15) is 5.10 Å². The van der Waals surface area contributed by atoms with Crippen LogP contribution in [-0.4, -0.2) is 27.2 Å². The lowest BCUT2D eigenvalue weighted by Gasteiger charge is -2.15. The fourth-order valence-electron chi connectivity index (χ4n) is 3.40. The van der Waals surface area contributed by atoms with Crippen LogP contribution in [0, 0.1) is 17.0 Å². The van der Waals surface area contributed by atoms with Gasteiger partial charge in [0, 0.05) is 25.7 Å². The van der Waals surface area contributed by atoms with Gasteiger partial charge in [-0.05, 0) is 30.5 Å². The number of hydrogen-bond donors (Lipinski definition) is 0. The number of rotatable bonds is 3. The summed E-state index contributed by atoms with van der Waals surface area (Å²) in [5.41, 5.74) is 4.82. The minimum absolute atomic E-state index is 0.0187. The fraction of sp³-hybridized carbons (Fsp3) is 0.200. The number of hydrogen-bond acceptors (Lipinski definition) is 4. The first-order valence-corrected chi connectivity index (χ1v) is 8.64. The molecule has 1 aliphatic rings. The minimum Gasteiger partial charge on any atom is -0.306 e. The van der Waals surface area contributed by atoms with Crippen molar-refractivity contribution in [1.82, 2.24) is 9.78 Å². The zero-order valence-corrected chi connectivity index (χ0v) is 15.0. The average molecular weight is 362 g/mol. The summed E-state index contributed by atoms with van der Waals surface area (Å²) in [4.78, 5) is 25.2. The summed E-state index contributed by atoms with van der Waals surface area (Å²) in [5.74, 6) is -0.247. The Labute approximate surface area is 156 Å². The second-order valence-corrected chi connectivity index (χ2v) is 6.68. The van der Waals surface area contributed by atoms with Crippen molar-refractivity contribution in [1.29, 1.82) is 0 Å². The molecule has 1 aromatic heterocycles. The van der Waals surface area contributed by atoms with Crippen molar-refractivity contribution in [2.24, 2.45) is 7.05 Å². The Morgan fingerprint density at radius 1 is 1.15 bits per heavy atom. The van der Waals surface area contributed by atoms with E-state index >= 15 is 0 Å². The van der Waals surface area contributed by atoms with E-state index in [9.17, 15) is 14.9 Å². The summed E-state index contributed by atoms with van der Waals surface area (Å²) in [5, 5.41) is 15.4. The van der Waals surface area contributed by atoms with Gasteiger partial charge in [0.1, 0.15) is 0 Å². The quantitative estimate of drug-likeness (QED) is 0.527. The number of nitro groups is 1. The largest absolute Gasteiger partial charge is 0.306 e. The number of carbonyl (C=O) groups excluding carboxylic acids is 1. The average Bonchev–Trinajstić information content (AvgIpc) is 3.25. The van der Waals surface area contributed by atoms with Gasteiger partial charge in [-0.25, -0.2) is 0 Å². The SMILES string of the molecule is Cc1ccc(-c2cc(C(=O)N3CCc4ccc([N+](=O)[O-])cc43)nn2C)cc1. The predicted octanol–water partition coefficient (Wildman–Crippen LogP) is 3.51. The maximum atomic E-state index is 13.0. The molecule has 136 valence electrons. The molecule has 2 aromatic carbocycles. The molecular weight excluding hydrogens is 344 g/mol. The smallest absolute Gasteiger partial charge is 0.278 e. The van der Waals surface area contributed by atoms with Crippen LogP contribution in [0.5, 0.6) is 0 Å². The minimum atomic E-state index is -0.447. The molecule has 7 nitrogen and oxygen atoms in total. The molecule has 0 aliphatic carbocycles. The lowest BCUT2D eigenvalue weighted by atomic mass is 10.1. The summed E-state index contributed by atoms with van der Waals surface area (Å²) >= 11 is 0. The van der Waals surface area contributed by atoms with Crippen LogP contribution in [0.2, 0.25) is 0 Å². The van der Waals surface area contributed by atoms with Crippen LogP contribution < -0.4 is 4.90 Å². The Morgan fingerprint density at radius 2 is 1.89 bits per heavy atom. The van der Waals surface area contributed by atoms with E-state index in [1.165, 1.54) is 12.1 Å². The molecule has 0 saturated carbocycles. The number of anilines is 1. The van der Waals surface area contributed by atoms with Crippen molar-refractivity contribution in [3.05, 3.63) is 75.5 Å². The van der Waals surface area contributed by atoms with Crippen LogP contribution in [0.25, 0.3) is 11.3 Å². The third-order valence-corrected chi connectivity index (χ3v) is 4.87. The number of non-ortho nitro benzene ring substituents is 1. The molecule has 1 amide bonds. The highest BCUT2D eigenvalue weighted by molar-refractivity contribution is 6.06. The van der Waals surface area contributed by atoms with E-state index in [0.29, 0.717) is 24.3 Å². The Morgan fingerprint density at radius 3 is 2.59 bits per heavy atom. The van der Waals surface area contributed by atoms with Crippen LogP contribution in [0.1, 0.15) is 21.6 Å². The van der Waals surface area contributed by atoms with Gasteiger partial charge < -0.3 is 4.90 Å². The zero-order valence-electron chi connectivity index (χ0n) is 15.0. The lowest BCUT2D eigenvalue weighted by Crippen LogP contribution is -2.29. The van der Waals surface area contributed by atoms with Crippen LogP contribution in [0.4, 0.5) is 11.4 Å². The van der Waals surface area contributed by atoms with Crippen molar-refractivity contribution in [3.63, 3.8) is 0 Å². The first-order chi connectivity index (χ1) is 12.9. The third kappa shape index (κ3) is 2.97. The normalized spacial score (nSPS) is 12.9. The summed E-state index contributed by atoms with van der Waals surface area (Å²) in [6.07, 6.45) is 0.677.